The van der Waals surface area contributed by atoms with Crippen LogP contribution in [-0.4, -0.2) is 23.2 Å². The molecular formula is C12H18N2OS. The van der Waals surface area contributed by atoms with Crippen LogP contribution in [0.2, 0.25) is 0 Å². The van der Waals surface area contributed by atoms with Crippen molar-refractivity contribution in [1.82, 2.24) is 10.3 Å². The van der Waals surface area contributed by atoms with Gasteiger partial charge in [-0.1, -0.05) is 0 Å². The van der Waals surface area contributed by atoms with Gasteiger partial charge in [-0.25, -0.2) is 4.98 Å². The van der Waals surface area contributed by atoms with Crippen LogP contribution in [0.4, 0.5) is 0 Å². The zero-order valence-electron chi connectivity index (χ0n) is 9.77. The number of ether oxygens (including phenoxy) is 1. The third-order valence-corrected chi connectivity index (χ3v) is 4.73. The Hall–Kier alpha value is -0.450. The normalized spacial score (nSPS) is 34.5. The van der Waals surface area contributed by atoms with E-state index in [2.05, 4.69) is 24.1 Å². The van der Waals surface area contributed by atoms with Crippen LogP contribution >= 0.6 is 11.3 Å². The molecule has 2 aliphatic rings. The SMILES string of the molecule is Cc1ncc(C(C)NC2CC3CCC2O3)s1. The fourth-order valence-corrected chi connectivity index (χ4v) is 3.59. The van der Waals surface area contributed by atoms with Crippen molar-refractivity contribution in [3.8, 4) is 0 Å². The van der Waals surface area contributed by atoms with Crippen molar-refractivity contribution in [2.45, 2.75) is 57.4 Å². The zero-order valence-corrected chi connectivity index (χ0v) is 10.6. The molecule has 0 saturated carbocycles. The molecule has 4 heteroatoms. The lowest BCUT2D eigenvalue weighted by molar-refractivity contribution is 0.0963. The number of rotatable bonds is 3. The minimum absolute atomic E-state index is 0.402. The predicted octanol–water partition coefficient (Wildman–Crippen LogP) is 2.42. The number of aryl methyl sites for hydroxylation is 1. The van der Waals surface area contributed by atoms with Crippen molar-refractivity contribution in [3.05, 3.63) is 16.1 Å². The highest BCUT2D eigenvalue weighted by molar-refractivity contribution is 7.11. The molecule has 4 atom stereocenters. The number of hydrogen-bond acceptors (Lipinski definition) is 4. The molecule has 1 N–H and O–H groups in total. The smallest absolute Gasteiger partial charge is 0.0897 e. The molecule has 1 aromatic heterocycles. The summed E-state index contributed by atoms with van der Waals surface area (Å²) in [6, 6.07) is 0.954. The second-order valence-electron chi connectivity index (χ2n) is 4.89. The molecule has 2 saturated heterocycles. The minimum atomic E-state index is 0.402. The molecule has 1 aromatic rings. The second kappa shape index (κ2) is 4.09. The highest BCUT2D eigenvalue weighted by Crippen LogP contribution is 2.35. The van der Waals surface area contributed by atoms with E-state index in [0.717, 1.165) is 5.01 Å². The predicted molar refractivity (Wildman–Crippen MR) is 64.7 cm³/mol. The van der Waals surface area contributed by atoms with E-state index in [4.69, 9.17) is 4.74 Å². The molecule has 3 nitrogen and oxygen atoms in total. The summed E-state index contributed by atoms with van der Waals surface area (Å²) < 4.78 is 5.85. The summed E-state index contributed by atoms with van der Waals surface area (Å²) in [6.07, 6.45) is 6.66. The maximum atomic E-state index is 5.85. The Balaban J connectivity index is 1.62. The van der Waals surface area contributed by atoms with E-state index in [1.807, 2.05) is 6.20 Å². The monoisotopic (exact) mass is 238 g/mol. The number of nitrogens with one attached hydrogen (secondary N) is 1. The van der Waals surface area contributed by atoms with Crippen LogP contribution in [0.3, 0.4) is 0 Å². The van der Waals surface area contributed by atoms with Gasteiger partial charge in [0.15, 0.2) is 0 Å². The first kappa shape index (κ1) is 10.7. The summed E-state index contributed by atoms with van der Waals surface area (Å²) in [6.45, 7) is 4.28. The van der Waals surface area contributed by atoms with E-state index < -0.39 is 0 Å². The first-order valence-corrected chi connectivity index (χ1v) is 6.88. The lowest BCUT2D eigenvalue weighted by Crippen LogP contribution is -2.38. The average molecular weight is 238 g/mol. The maximum Gasteiger partial charge on any atom is 0.0897 e. The van der Waals surface area contributed by atoms with Crippen molar-refractivity contribution < 1.29 is 4.74 Å². The lowest BCUT2D eigenvalue weighted by atomic mass is 9.95. The molecule has 3 rings (SSSR count). The van der Waals surface area contributed by atoms with E-state index in [-0.39, 0.29) is 0 Å². The van der Waals surface area contributed by atoms with Crippen LogP contribution in [0.15, 0.2) is 6.20 Å². The van der Waals surface area contributed by atoms with Gasteiger partial charge in [0.05, 0.1) is 17.2 Å². The fourth-order valence-electron chi connectivity index (χ4n) is 2.79. The first-order valence-electron chi connectivity index (χ1n) is 6.06. The van der Waals surface area contributed by atoms with E-state index >= 15 is 0 Å². The van der Waals surface area contributed by atoms with Crippen LogP contribution in [0, 0.1) is 6.92 Å². The van der Waals surface area contributed by atoms with Crippen molar-refractivity contribution in [2.24, 2.45) is 0 Å². The average Bonchev–Trinajstić information content (AvgIpc) is 2.92. The van der Waals surface area contributed by atoms with Gasteiger partial charge in [0.2, 0.25) is 0 Å². The molecule has 0 amide bonds. The van der Waals surface area contributed by atoms with Gasteiger partial charge in [0.25, 0.3) is 0 Å². The van der Waals surface area contributed by atoms with Crippen LogP contribution in [0.1, 0.15) is 42.1 Å². The molecule has 3 heterocycles. The molecule has 88 valence electrons. The fraction of sp³-hybridized carbons (Fsp3) is 0.750. The van der Waals surface area contributed by atoms with Crippen LogP contribution in [0.5, 0.6) is 0 Å². The van der Waals surface area contributed by atoms with E-state index in [9.17, 15) is 0 Å². The van der Waals surface area contributed by atoms with Crippen molar-refractivity contribution >= 4 is 11.3 Å². The molecule has 2 fully saturated rings. The van der Waals surface area contributed by atoms with Crippen molar-refractivity contribution in [2.75, 3.05) is 0 Å². The molecule has 0 spiro atoms. The summed E-state index contributed by atoms with van der Waals surface area (Å²) >= 11 is 1.78. The second-order valence-corrected chi connectivity index (χ2v) is 6.15. The quantitative estimate of drug-likeness (QED) is 0.878. The highest BCUT2D eigenvalue weighted by atomic mass is 32.1. The largest absolute Gasteiger partial charge is 0.373 e. The summed E-state index contributed by atoms with van der Waals surface area (Å²) in [5, 5.41) is 4.83. The number of thiazole rings is 1. The zero-order chi connectivity index (χ0) is 11.1. The molecule has 0 aliphatic carbocycles. The van der Waals surface area contributed by atoms with E-state index in [0.29, 0.717) is 24.3 Å². The Morgan fingerprint density at radius 1 is 1.56 bits per heavy atom. The lowest BCUT2D eigenvalue weighted by Gasteiger charge is -2.23. The van der Waals surface area contributed by atoms with Gasteiger partial charge in [-0.05, 0) is 33.1 Å². The topological polar surface area (TPSA) is 34.2 Å². The highest BCUT2D eigenvalue weighted by Gasteiger charge is 2.41. The summed E-state index contributed by atoms with van der Waals surface area (Å²) in [4.78, 5) is 5.64. The Kier molecular flexibility index (Phi) is 2.73. The Morgan fingerprint density at radius 3 is 3.00 bits per heavy atom. The van der Waals surface area contributed by atoms with Gasteiger partial charge >= 0.3 is 0 Å². The van der Waals surface area contributed by atoms with Crippen LogP contribution in [-0.2, 0) is 4.74 Å². The number of nitrogens with zero attached hydrogens (tertiary/aromatic N) is 1. The van der Waals surface area contributed by atoms with Crippen molar-refractivity contribution in [1.29, 1.82) is 0 Å². The molecule has 16 heavy (non-hydrogen) atoms. The van der Waals surface area contributed by atoms with E-state index in [1.165, 1.54) is 24.1 Å². The number of fused-ring (bicyclic) bond motifs is 2. The van der Waals surface area contributed by atoms with E-state index in [1.54, 1.807) is 11.3 Å². The minimum Gasteiger partial charge on any atom is -0.373 e. The Morgan fingerprint density at radius 2 is 2.44 bits per heavy atom. The van der Waals surface area contributed by atoms with Gasteiger partial charge < -0.3 is 10.1 Å². The Labute approximate surface area is 100 Å². The first-order chi connectivity index (χ1) is 7.72. The van der Waals surface area contributed by atoms with Crippen molar-refractivity contribution in [3.63, 3.8) is 0 Å². The van der Waals surface area contributed by atoms with Gasteiger partial charge in [0.1, 0.15) is 0 Å². The van der Waals surface area contributed by atoms with Gasteiger partial charge in [-0.3, -0.25) is 0 Å². The molecular weight excluding hydrogens is 220 g/mol. The summed E-state index contributed by atoms with van der Waals surface area (Å²) in [7, 11) is 0. The third-order valence-electron chi connectivity index (χ3n) is 3.64. The number of aromatic nitrogens is 1. The Bertz CT molecular complexity index is 379. The van der Waals surface area contributed by atoms with Crippen LogP contribution in [0.25, 0.3) is 0 Å². The summed E-state index contributed by atoms with van der Waals surface area (Å²) in [5.74, 6) is 0. The standard InChI is InChI=1S/C12H18N2OS/c1-7(12-6-13-8(2)16-12)14-10-5-9-3-4-11(10)15-9/h6-7,9-11,14H,3-5H2,1-2H3. The van der Waals surface area contributed by atoms with Gasteiger partial charge in [-0.2, -0.15) is 0 Å². The van der Waals surface area contributed by atoms with Crippen LogP contribution < -0.4 is 5.32 Å². The molecule has 4 unspecified atom stereocenters. The number of hydrogen-bond donors (Lipinski definition) is 1. The van der Waals surface area contributed by atoms with Gasteiger partial charge in [-0.15, -0.1) is 11.3 Å². The summed E-state index contributed by atoms with van der Waals surface area (Å²) in [5.41, 5.74) is 0. The third kappa shape index (κ3) is 1.90. The molecule has 0 aromatic carbocycles. The molecule has 2 bridgehead atoms. The maximum absolute atomic E-state index is 5.85. The molecule has 2 aliphatic heterocycles. The van der Waals surface area contributed by atoms with Gasteiger partial charge in [0, 0.05) is 23.2 Å². The molecule has 0 radical (unpaired) electrons.